The maximum Gasteiger partial charge on any atom is 0.351 e. The molecule has 2 rings (SSSR count). The van der Waals surface area contributed by atoms with E-state index in [-0.39, 0.29) is 22.4 Å². The second-order valence-electron chi connectivity index (χ2n) is 4.68. The highest BCUT2D eigenvalue weighted by molar-refractivity contribution is 7.07. The van der Waals surface area contributed by atoms with Crippen LogP contribution in [0.25, 0.3) is 11.8 Å². The lowest BCUT2D eigenvalue weighted by atomic mass is 10.3. The van der Waals surface area contributed by atoms with Crippen molar-refractivity contribution in [1.82, 2.24) is 9.55 Å². The van der Waals surface area contributed by atoms with Crippen molar-refractivity contribution < 1.29 is 9.53 Å². The van der Waals surface area contributed by atoms with E-state index < -0.39 is 5.97 Å². The first-order valence-electron chi connectivity index (χ1n) is 7.41. The van der Waals surface area contributed by atoms with Gasteiger partial charge in [0.05, 0.1) is 6.61 Å². The molecule has 0 unspecified atom stereocenters. The van der Waals surface area contributed by atoms with Gasteiger partial charge in [0.2, 0.25) is 0 Å². The topological polar surface area (TPSA) is 97.0 Å². The Kier molecular flexibility index (Phi) is 6.33. The van der Waals surface area contributed by atoms with Gasteiger partial charge < -0.3 is 10.1 Å². The second kappa shape index (κ2) is 8.46. The summed E-state index contributed by atoms with van der Waals surface area (Å²) >= 11 is 6.86. The Hall–Kier alpha value is -2.63. The number of hydrogen-bond donors (Lipinski definition) is 1. The summed E-state index contributed by atoms with van der Waals surface area (Å²) in [5.74, 6) is -0.742. The minimum Gasteiger partial charge on any atom is -0.462 e. The number of carbonyl (C=O) groups excluding carboxylic acids is 1. The minimum absolute atomic E-state index is 0.148. The molecule has 2 aromatic rings. The van der Waals surface area contributed by atoms with Gasteiger partial charge in [0, 0.05) is 24.6 Å². The maximum absolute atomic E-state index is 12.5. The van der Waals surface area contributed by atoms with Crippen molar-refractivity contribution >= 4 is 46.4 Å². The van der Waals surface area contributed by atoms with Crippen LogP contribution in [0, 0.1) is 11.3 Å². The third-order valence-electron chi connectivity index (χ3n) is 3.13. The van der Waals surface area contributed by atoms with Crippen LogP contribution in [0.3, 0.4) is 0 Å². The number of aromatic nitrogens is 2. The standard InChI is InChI=1S/C16H15ClN4O3S/c1-3-21-14(22)12(9-20-10-5-6-19-13(17)7-10)25-15(21)11(8-18)16(23)24-4-2/h5-7,9H,3-4H2,1-2H3,(H,19,20)/b12-9+,15-11-. The van der Waals surface area contributed by atoms with E-state index in [1.54, 1.807) is 26.0 Å². The fraction of sp³-hybridized carbons (Fsp3) is 0.250. The summed E-state index contributed by atoms with van der Waals surface area (Å²) in [5, 5.41) is 12.6. The lowest BCUT2D eigenvalue weighted by Crippen LogP contribution is -2.32. The van der Waals surface area contributed by atoms with Crippen LogP contribution in [0.4, 0.5) is 5.69 Å². The number of pyridine rings is 1. The van der Waals surface area contributed by atoms with Crippen LogP contribution in [0.1, 0.15) is 13.8 Å². The number of nitriles is 1. The lowest BCUT2D eigenvalue weighted by Gasteiger charge is -2.00. The van der Waals surface area contributed by atoms with Crippen molar-refractivity contribution in [1.29, 1.82) is 5.26 Å². The largest absolute Gasteiger partial charge is 0.462 e. The zero-order chi connectivity index (χ0) is 18.4. The van der Waals surface area contributed by atoms with Crippen molar-refractivity contribution in [2.24, 2.45) is 0 Å². The smallest absolute Gasteiger partial charge is 0.351 e. The molecule has 0 aromatic carbocycles. The average molecular weight is 379 g/mol. The molecule has 2 heterocycles. The Morgan fingerprint density at radius 3 is 2.92 bits per heavy atom. The highest BCUT2D eigenvalue weighted by Gasteiger charge is 2.16. The molecule has 0 aliphatic heterocycles. The van der Waals surface area contributed by atoms with Gasteiger partial charge >= 0.3 is 5.97 Å². The SMILES string of the molecule is CCOC(=O)/C(C#N)=c1\s/c(=C/Nc2ccnc(Cl)c2)c(=O)n1CC. The fourth-order valence-corrected chi connectivity index (χ4v) is 3.27. The van der Waals surface area contributed by atoms with Crippen molar-refractivity contribution in [3.05, 3.63) is 43.0 Å². The van der Waals surface area contributed by atoms with Gasteiger partial charge in [0.25, 0.3) is 5.56 Å². The first kappa shape index (κ1) is 18.7. The highest BCUT2D eigenvalue weighted by atomic mass is 35.5. The third kappa shape index (κ3) is 4.26. The van der Waals surface area contributed by atoms with E-state index in [1.807, 2.05) is 6.07 Å². The Bertz CT molecular complexity index is 1000. The maximum atomic E-state index is 12.5. The zero-order valence-corrected chi connectivity index (χ0v) is 15.1. The quantitative estimate of drug-likeness (QED) is 0.617. The molecule has 0 spiro atoms. The van der Waals surface area contributed by atoms with Crippen molar-refractivity contribution in [2.75, 3.05) is 11.9 Å². The van der Waals surface area contributed by atoms with Gasteiger partial charge in [0.1, 0.15) is 20.4 Å². The van der Waals surface area contributed by atoms with Gasteiger partial charge in [-0.2, -0.15) is 5.26 Å². The summed E-state index contributed by atoms with van der Waals surface area (Å²) in [5.41, 5.74) is 0.178. The first-order chi connectivity index (χ1) is 12.0. The van der Waals surface area contributed by atoms with Crippen LogP contribution in [-0.4, -0.2) is 22.1 Å². The zero-order valence-electron chi connectivity index (χ0n) is 13.6. The Balaban J connectivity index is 2.58. The number of ether oxygens (including phenoxy) is 1. The van der Waals surface area contributed by atoms with Crippen LogP contribution in [0.2, 0.25) is 5.15 Å². The first-order valence-corrected chi connectivity index (χ1v) is 8.60. The average Bonchev–Trinajstić information content (AvgIpc) is 2.89. The normalized spacial score (nSPS) is 12.5. The molecule has 9 heteroatoms. The molecule has 7 nitrogen and oxygen atoms in total. The molecule has 0 bridgehead atoms. The van der Waals surface area contributed by atoms with E-state index in [0.29, 0.717) is 21.9 Å². The van der Waals surface area contributed by atoms with Gasteiger partial charge in [0.15, 0.2) is 5.57 Å². The van der Waals surface area contributed by atoms with E-state index in [2.05, 4.69) is 10.3 Å². The highest BCUT2D eigenvalue weighted by Crippen LogP contribution is 2.11. The van der Waals surface area contributed by atoms with Crippen LogP contribution >= 0.6 is 22.9 Å². The minimum atomic E-state index is -0.742. The molecule has 0 saturated heterocycles. The molecule has 25 heavy (non-hydrogen) atoms. The number of carbonyl (C=O) groups is 1. The molecule has 0 aliphatic carbocycles. The number of nitrogens with zero attached hydrogens (tertiary/aromatic N) is 3. The summed E-state index contributed by atoms with van der Waals surface area (Å²) in [6, 6.07) is 5.13. The van der Waals surface area contributed by atoms with Crippen LogP contribution in [-0.2, 0) is 16.1 Å². The Morgan fingerprint density at radius 1 is 1.56 bits per heavy atom. The van der Waals surface area contributed by atoms with Crippen LogP contribution in [0.5, 0.6) is 0 Å². The molecule has 0 amide bonds. The van der Waals surface area contributed by atoms with Gasteiger partial charge in [-0.15, -0.1) is 11.3 Å². The van der Waals surface area contributed by atoms with E-state index in [4.69, 9.17) is 16.3 Å². The molecule has 0 aliphatic rings. The van der Waals surface area contributed by atoms with E-state index in [1.165, 1.54) is 17.0 Å². The molecule has 130 valence electrons. The molecule has 0 atom stereocenters. The van der Waals surface area contributed by atoms with Crippen molar-refractivity contribution in [3.8, 4) is 6.07 Å². The lowest BCUT2D eigenvalue weighted by molar-refractivity contribution is -0.136. The molecule has 0 radical (unpaired) electrons. The second-order valence-corrected chi connectivity index (χ2v) is 6.10. The molecular formula is C16H15ClN4O3S. The summed E-state index contributed by atoms with van der Waals surface area (Å²) in [4.78, 5) is 28.3. The molecule has 1 N–H and O–H groups in total. The van der Waals surface area contributed by atoms with E-state index in [0.717, 1.165) is 11.3 Å². The van der Waals surface area contributed by atoms with E-state index >= 15 is 0 Å². The number of rotatable bonds is 5. The molecule has 0 saturated carbocycles. The number of halogens is 1. The monoisotopic (exact) mass is 378 g/mol. The Labute approximate surface area is 152 Å². The molecule has 0 fully saturated rings. The van der Waals surface area contributed by atoms with Gasteiger partial charge in [-0.1, -0.05) is 11.6 Å². The number of anilines is 1. The van der Waals surface area contributed by atoms with Crippen molar-refractivity contribution in [3.63, 3.8) is 0 Å². The predicted octanol–water partition coefficient (Wildman–Crippen LogP) is 1.07. The summed E-state index contributed by atoms with van der Waals surface area (Å²) < 4.78 is 6.88. The van der Waals surface area contributed by atoms with Crippen LogP contribution < -0.4 is 20.1 Å². The number of esters is 1. The van der Waals surface area contributed by atoms with Gasteiger partial charge in [-0.25, -0.2) is 9.78 Å². The van der Waals surface area contributed by atoms with E-state index in [9.17, 15) is 14.9 Å². The Morgan fingerprint density at radius 2 is 2.32 bits per heavy atom. The fourth-order valence-electron chi connectivity index (χ4n) is 2.02. The number of hydrogen-bond acceptors (Lipinski definition) is 7. The van der Waals surface area contributed by atoms with Gasteiger partial charge in [-0.05, 0) is 26.0 Å². The van der Waals surface area contributed by atoms with Crippen LogP contribution in [0.15, 0.2) is 23.1 Å². The number of thiazole rings is 1. The predicted molar refractivity (Wildman–Crippen MR) is 96.5 cm³/mol. The third-order valence-corrected chi connectivity index (χ3v) is 4.46. The summed E-state index contributed by atoms with van der Waals surface area (Å²) in [6.07, 6.45) is 3.04. The summed E-state index contributed by atoms with van der Waals surface area (Å²) in [7, 11) is 0. The summed E-state index contributed by atoms with van der Waals surface area (Å²) in [6.45, 7) is 3.88. The molecule has 2 aromatic heterocycles. The molecular weight excluding hydrogens is 364 g/mol. The van der Waals surface area contributed by atoms with Crippen molar-refractivity contribution in [2.45, 2.75) is 20.4 Å². The van der Waals surface area contributed by atoms with Gasteiger partial charge in [-0.3, -0.25) is 9.36 Å². The number of nitrogens with one attached hydrogen (secondary N) is 1.